The second-order valence-corrected chi connectivity index (χ2v) is 6.48. The van der Waals surface area contributed by atoms with Crippen molar-refractivity contribution in [3.8, 4) is 11.4 Å². The minimum absolute atomic E-state index is 0.0631. The smallest absolute Gasteiger partial charge is 0.251 e. The third-order valence-electron chi connectivity index (χ3n) is 4.34. The molecule has 1 aliphatic rings. The number of aryl methyl sites for hydroxylation is 1. The highest BCUT2D eigenvalue weighted by molar-refractivity contribution is 6.32. The minimum Gasteiger partial charge on any atom is -0.339 e. The van der Waals surface area contributed by atoms with Crippen molar-refractivity contribution >= 4 is 29.3 Å². The quantitative estimate of drug-likeness (QED) is 0.649. The fourth-order valence-electron chi connectivity index (χ4n) is 3.05. The fraction of sp³-hybridized carbons (Fsp3) is 0.150. The Balaban J connectivity index is 1.56. The Hall–Kier alpha value is -2.92. The van der Waals surface area contributed by atoms with E-state index in [4.69, 9.17) is 16.1 Å². The van der Waals surface area contributed by atoms with Crippen molar-refractivity contribution in [2.75, 3.05) is 11.4 Å². The molecular formula is C20H16ClN3O2. The van der Waals surface area contributed by atoms with Crippen molar-refractivity contribution in [2.45, 2.75) is 13.3 Å². The van der Waals surface area contributed by atoms with Gasteiger partial charge in [0, 0.05) is 35.8 Å². The number of carbonyl (C=O) groups excluding carboxylic acids is 1. The molecule has 130 valence electrons. The van der Waals surface area contributed by atoms with Crippen molar-refractivity contribution < 1.29 is 9.32 Å². The number of anilines is 1. The third-order valence-corrected chi connectivity index (χ3v) is 4.68. The highest BCUT2D eigenvalue weighted by Crippen LogP contribution is 2.32. The van der Waals surface area contributed by atoms with Crippen molar-refractivity contribution in [1.29, 1.82) is 0 Å². The number of halogens is 1. The van der Waals surface area contributed by atoms with E-state index in [9.17, 15) is 4.79 Å². The highest BCUT2D eigenvalue weighted by Gasteiger charge is 2.24. The van der Waals surface area contributed by atoms with Crippen molar-refractivity contribution in [3.05, 3.63) is 70.6 Å². The molecular weight excluding hydrogens is 350 g/mol. The van der Waals surface area contributed by atoms with Gasteiger partial charge in [0.15, 0.2) is 0 Å². The van der Waals surface area contributed by atoms with Crippen LogP contribution < -0.4 is 4.90 Å². The maximum atomic E-state index is 12.6. The van der Waals surface area contributed by atoms with Crippen LogP contribution in [0.3, 0.4) is 0 Å². The van der Waals surface area contributed by atoms with Gasteiger partial charge in [-0.2, -0.15) is 4.98 Å². The fourth-order valence-corrected chi connectivity index (χ4v) is 3.25. The van der Waals surface area contributed by atoms with Crippen LogP contribution in [0.2, 0.25) is 5.02 Å². The number of hydrogen-bond acceptors (Lipinski definition) is 4. The molecule has 3 aromatic rings. The molecule has 0 atom stereocenters. The molecule has 0 N–H and O–H groups in total. The number of carbonyl (C=O) groups is 1. The van der Waals surface area contributed by atoms with Crippen LogP contribution in [-0.4, -0.2) is 22.6 Å². The molecule has 0 aliphatic carbocycles. The van der Waals surface area contributed by atoms with Gasteiger partial charge < -0.3 is 9.42 Å². The van der Waals surface area contributed by atoms with Crippen molar-refractivity contribution in [2.24, 2.45) is 0 Å². The second kappa shape index (κ2) is 6.77. The number of amides is 1. The van der Waals surface area contributed by atoms with Gasteiger partial charge in [0.25, 0.3) is 5.91 Å². The summed E-state index contributed by atoms with van der Waals surface area (Å²) in [6.07, 6.45) is 4.11. The summed E-state index contributed by atoms with van der Waals surface area (Å²) >= 11 is 6.13. The zero-order valence-electron chi connectivity index (χ0n) is 14.1. The van der Waals surface area contributed by atoms with Crippen LogP contribution in [-0.2, 0) is 11.2 Å². The summed E-state index contributed by atoms with van der Waals surface area (Å²) < 4.78 is 5.04. The van der Waals surface area contributed by atoms with Crippen molar-refractivity contribution in [3.63, 3.8) is 0 Å². The zero-order valence-corrected chi connectivity index (χ0v) is 14.9. The average molecular weight is 366 g/mol. The minimum atomic E-state index is -0.0631. The SMILES string of the molecule is Cc1nc(-c2ccc3c(c2)CCN3C(=O)/C=C/c2ccccc2Cl)no1. The molecule has 1 aliphatic heterocycles. The monoisotopic (exact) mass is 365 g/mol. The van der Waals surface area contributed by atoms with Gasteiger partial charge in [0.05, 0.1) is 0 Å². The Morgan fingerprint density at radius 3 is 2.88 bits per heavy atom. The van der Waals surface area contributed by atoms with Gasteiger partial charge in [-0.3, -0.25) is 4.79 Å². The first kappa shape index (κ1) is 16.5. The van der Waals surface area contributed by atoms with Gasteiger partial charge in [0.1, 0.15) is 0 Å². The van der Waals surface area contributed by atoms with Crippen LogP contribution in [0.25, 0.3) is 17.5 Å². The first-order chi connectivity index (χ1) is 12.6. The first-order valence-corrected chi connectivity index (χ1v) is 8.67. The van der Waals surface area contributed by atoms with E-state index in [2.05, 4.69) is 10.1 Å². The molecule has 0 spiro atoms. The van der Waals surface area contributed by atoms with Crippen LogP contribution in [0, 0.1) is 6.92 Å². The zero-order chi connectivity index (χ0) is 18.1. The predicted molar refractivity (Wildman–Crippen MR) is 101 cm³/mol. The predicted octanol–water partition coefficient (Wildman–Crippen LogP) is 4.30. The Morgan fingerprint density at radius 2 is 2.12 bits per heavy atom. The maximum absolute atomic E-state index is 12.6. The molecule has 0 unspecified atom stereocenters. The highest BCUT2D eigenvalue weighted by atomic mass is 35.5. The van der Waals surface area contributed by atoms with Gasteiger partial charge in [-0.25, -0.2) is 0 Å². The lowest BCUT2D eigenvalue weighted by Gasteiger charge is -2.15. The number of rotatable bonds is 3. The summed E-state index contributed by atoms with van der Waals surface area (Å²) in [5.41, 5.74) is 3.73. The van der Waals surface area contributed by atoms with Crippen molar-refractivity contribution in [1.82, 2.24) is 10.1 Å². The van der Waals surface area contributed by atoms with Crippen LogP contribution in [0.15, 0.2) is 53.1 Å². The van der Waals surface area contributed by atoms with Gasteiger partial charge in [-0.15, -0.1) is 0 Å². The summed E-state index contributed by atoms with van der Waals surface area (Å²) in [5, 5.41) is 4.57. The number of benzene rings is 2. The molecule has 5 nitrogen and oxygen atoms in total. The molecule has 2 heterocycles. The van der Waals surface area contributed by atoms with E-state index < -0.39 is 0 Å². The second-order valence-electron chi connectivity index (χ2n) is 6.08. The summed E-state index contributed by atoms with van der Waals surface area (Å²) in [5.74, 6) is 1.03. The standard InChI is InChI=1S/C20H16ClN3O2/c1-13-22-20(23-26-13)16-6-8-18-15(12-16)10-11-24(18)19(25)9-7-14-4-2-3-5-17(14)21/h2-9,12H,10-11H2,1H3/b9-7+. The van der Waals surface area contributed by atoms with Gasteiger partial charge >= 0.3 is 0 Å². The molecule has 0 saturated carbocycles. The van der Waals surface area contributed by atoms with Gasteiger partial charge in [0.2, 0.25) is 11.7 Å². The molecule has 1 amide bonds. The van der Waals surface area contributed by atoms with E-state index in [-0.39, 0.29) is 5.91 Å². The Morgan fingerprint density at radius 1 is 1.27 bits per heavy atom. The van der Waals surface area contributed by atoms with E-state index in [0.29, 0.717) is 23.3 Å². The van der Waals surface area contributed by atoms with E-state index in [0.717, 1.165) is 28.8 Å². The molecule has 1 aromatic heterocycles. The van der Waals surface area contributed by atoms with Crippen LogP contribution in [0.5, 0.6) is 0 Å². The van der Waals surface area contributed by atoms with Crippen LogP contribution >= 0.6 is 11.6 Å². The van der Waals surface area contributed by atoms with E-state index in [1.807, 2.05) is 36.4 Å². The van der Waals surface area contributed by atoms with Gasteiger partial charge in [-0.1, -0.05) is 35.0 Å². The Labute approximate surface area is 155 Å². The number of fused-ring (bicyclic) bond motifs is 1. The summed E-state index contributed by atoms with van der Waals surface area (Å²) in [7, 11) is 0. The number of nitrogens with zero attached hydrogens (tertiary/aromatic N) is 3. The summed E-state index contributed by atoms with van der Waals surface area (Å²) in [4.78, 5) is 18.6. The maximum Gasteiger partial charge on any atom is 0.251 e. The van der Waals surface area contributed by atoms with Crippen LogP contribution in [0.1, 0.15) is 17.0 Å². The topological polar surface area (TPSA) is 59.2 Å². The largest absolute Gasteiger partial charge is 0.339 e. The number of aromatic nitrogens is 2. The lowest BCUT2D eigenvalue weighted by molar-refractivity contribution is -0.114. The lowest BCUT2D eigenvalue weighted by Crippen LogP contribution is -2.26. The molecule has 0 fully saturated rings. The van der Waals surface area contributed by atoms with E-state index in [1.54, 1.807) is 30.0 Å². The average Bonchev–Trinajstić information content (AvgIpc) is 3.26. The molecule has 4 rings (SSSR count). The lowest BCUT2D eigenvalue weighted by atomic mass is 10.1. The normalized spacial score (nSPS) is 13.4. The molecule has 2 aromatic carbocycles. The molecule has 6 heteroatoms. The molecule has 26 heavy (non-hydrogen) atoms. The summed E-state index contributed by atoms with van der Waals surface area (Å²) in [6.45, 7) is 2.41. The molecule has 0 saturated heterocycles. The van der Waals surface area contributed by atoms with Crippen LogP contribution in [0.4, 0.5) is 5.69 Å². The van der Waals surface area contributed by atoms with E-state index >= 15 is 0 Å². The Bertz CT molecular complexity index is 1010. The summed E-state index contributed by atoms with van der Waals surface area (Å²) in [6, 6.07) is 13.3. The first-order valence-electron chi connectivity index (χ1n) is 8.29. The molecule has 0 bridgehead atoms. The number of hydrogen-bond donors (Lipinski definition) is 0. The molecule has 0 radical (unpaired) electrons. The third kappa shape index (κ3) is 3.13. The van der Waals surface area contributed by atoms with E-state index in [1.165, 1.54) is 0 Å². The van der Waals surface area contributed by atoms with Gasteiger partial charge in [-0.05, 0) is 47.9 Å². The Kier molecular flexibility index (Phi) is 4.31.